The monoisotopic (exact) mass is 371 g/mol. The van der Waals surface area contributed by atoms with Gasteiger partial charge in [0.05, 0.1) is 15.5 Å². The van der Waals surface area contributed by atoms with Crippen molar-refractivity contribution >= 4 is 38.9 Å². The van der Waals surface area contributed by atoms with Crippen LogP contribution in [0.2, 0.25) is 10.0 Å². The molecule has 23 heavy (non-hydrogen) atoms. The van der Waals surface area contributed by atoms with Crippen molar-refractivity contribution in [3.05, 3.63) is 63.6 Å². The minimum atomic E-state index is -3.41. The summed E-state index contributed by atoms with van der Waals surface area (Å²) in [7, 11) is -1.78. The van der Waals surface area contributed by atoms with Crippen molar-refractivity contribution < 1.29 is 13.2 Å². The normalized spacial score (nSPS) is 11.3. The summed E-state index contributed by atoms with van der Waals surface area (Å²) in [6.07, 6.45) is 1.09. The standard InChI is InChI=1S/C16H15Cl2NO3S/c1-19(10-11-3-5-12(17)6-4-11)16(20)14-9-13(23(2,21)22)7-8-15(14)18/h3-9H,10H2,1-2H3. The van der Waals surface area contributed by atoms with Crippen LogP contribution in [0.4, 0.5) is 0 Å². The average Bonchev–Trinajstić information content (AvgIpc) is 2.48. The van der Waals surface area contributed by atoms with E-state index in [-0.39, 0.29) is 21.4 Å². The second-order valence-corrected chi connectivity index (χ2v) is 8.06. The lowest BCUT2D eigenvalue weighted by Gasteiger charge is -2.18. The van der Waals surface area contributed by atoms with Gasteiger partial charge in [-0.3, -0.25) is 4.79 Å². The summed E-state index contributed by atoms with van der Waals surface area (Å²) in [6.45, 7) is 0.357. The Morgan fingerprint density at radius 1 is 1.09 bits per heavy atom. The molecule has 0 aliphatic carbocycles. The Bertz CT molecular complexity index is 833. The van der Waals surface area contributed by atoms with E-state index in [9.17, 15) is 13.2 Å². The van der Waals surface area contributed by atoms with Gasteiger partial charge in [-0.2, -0.15) is 0 Å². The number of benzene rings is 2. The fourth-order valence-electron chi connectivity index (χ4n) is 2.04. The third-order valence-corrected chi connectivity index (χ3v) is 4.97. The van der Waals surface area contributed by atoms with Gasteiger partial charge in [0.2, 0.25) is 0 Å². The molecule has 1 amide bonds. The van der Waals surface area contributed by atoms with Crippen molar-refractivity contribution in [2.24, 2.45) is 0 Å². The molecule has 0 heterocycles. The predicted molar refractivity (Wildman–Crippen MR) is 91.8 cm³/mol. The summed E-state index contributed by atoms with van der Waals surface area (Å²) in [5, 5.41) is 0.831. The number of nitrogens with zero attached hydrogens (tertiary/aromatic N) is 1. The molecule has 0 bridgehead atoms. The van der Waals surface area contributed by atoms with Crippen molar-refractivity contribution in [2.75, 3.05) is 13.3 Å². The smallest absolute Gasteiger partial charge is 0.255 e. The highest BCUT2D eigenvalue weighted by molar-refractivity contribution is 7.90. The lowest BCUT2D eigenvalue weighted by atomic mass is 10.1. The number of carbonyl (C=O) groups is 1. The zero-order valence-corrected chi connectivity index (χ0v) is 14.9. The lowest BCUT2D eigenvalue weighted by molar-refractivity contribution is 0.0785. The molecule has 2 aromatic carbocycles. The van der Waals surface area contributed by atoms with Crippen molar-refractivity contribution in [1.82, 2.24) is 4.90 Å². The lowest BCUT2D eigenvalue weighted by Crippen LogP contribution is -2.26. The molecule has 122 valence electrons. The fraction of sp³-hybridized carbons (Fsp3) is 0.188. The first-order valence-corrected chi connectivity index (χ1v) is 9.33. The second kappa shape index (κ2) is 6.91. The number of rotatable bonds is 4. The van der Waals surface area contributed by atoms with Crippen LogP contribution in [0.3, 0.4) is 0 Å². The highest BCUT2D eigenvalue weighted by atomic mass is 35.5. The summed E-state index contributed by atoms with van der Waals surface area (Å²) in [5.74, 6) is -0.351. The van der Waals surface area contributed by atoms with E-state index >= 15 is 0 Å². The molecule has 0 saturated carbocycles. The molecular formula is C16H15Cl2NO3S. The summed E-state index contributed by atoms with van der Waals surface area (Å²) in [4.78, 5) is 14.1. The van der Waals surface area contributed by atoms with Crippen LogP contribution < -0.4 is 0 Å². The van der Waals surface area contributed by atoms with E-state index in [0.717, 1.165) is 11.8 Å². The van der Waals surface area contributed by atoms with Gasteiger partial charge in [0, 0.05) is 24.9 Å². The van der Waals surface area contributed by atoms with Crippen molar-refractivity contribution in [3.63, 3.8) is 0 Å². The van der Waals surface area contributed by atoms with Crippen LogP contribution in [0, 0.1) is 0 Å². The van der Waals surface area contributed by atoms with Crippen molar-refractivity contribution in [2.45, 2.75) is 11.4 Å². The van der Waals surface area contributed by atoms with E-state index in [4.69, 9.17) is 23.2 Å². The van der Waals surface area contributed by atoms with Crippen LogP contribution >= 0.6 is 23.2 Å². The van der Waals surface area contributed by atoms with Crippen LogP contribution in [-0.4, -0.2) is 32.5 Å². The molecule has 0 unspecified atom stereocenters. The van der Waals surface area contributed by atoms with Gasteiger partial charge < -0.3 is 4.90 Å². The molecule has 0 N–H and O–H groups in total. The van der Waals surface area contributed by atoms with Gasteiger partial charge in [0.1, 0.15) is 0 Å². The minimum Gasteiger partial charge on any atom is -0.337 e. The molecule has 0 radical (unpaired) electrons. The van der Waals surface area contributed by atoms with E-state index in [1.807, 2.05) is 12.1 Å². The first-order valence-electron chi connectivity index (χ1n) is 6.68. The highest BCUT2D eigenvalue weighted by Crippen LogP contribution is 2.22. The van der Waals surface area contributed by atoms with Gasteiger partial charge in [-0.25, -0.2) is 8.42 Å². The third-order valence-electron chi connectivity index (χ3n) is 3.28. The Morgan fingerprint density at radius 2 is 1.70 bits per heavy atom. The van der Waals surface area contributed by atoms with E-state index in [1.165, 1.54) is 23.1 Å². The molecule has 0 saturated heterocycles. The van der Waals surface area contributed by atoms with E-state index in [0.29, 0.717) is 11.6 Å². The molecule has 4 nitrogen and oxygen atoms in total. The van der Waals surface area contributed by atoms with Crippen LogP contribution in [0.25, 0.3) is 0 Å². The van der Waals surface area contributed by atoms with Crippen LogP contribution in [-0.2, 0) is 16.4 Å². The zero-order chi connectivity index (χ0) is 17.2. The molecule has 0 aromatic heterocycles. The molecule has 0 atom stereocenters. The number of amides is 1. The first kappa shape index (κ1) is 17.8. The predicted octanol–water partition coefficient (Wildman–Crippen LogP) is 3.67. The quantitative estimate of drug-likeness (QED) is 0.823. The van der Waals surface area contributed by atoms with Gasteiger partial charge in [-0.05, 0) is 35.9 Å². The third kappa shape index (κ3) is 4.47. The topological polar surface area (TPSA) is 54.5 Å². The Labute approximate surface area is 145 Å². The summed E-state index contributed by atoms with van der Waals surface area (Å²) in [5.41, 5.74) is 1.06. The minimum absolute atomic E-state index is 0.0603. The van der Waals surface area contributed by atoms with Gasteiger partial charge >= 0.3 is 0 Å². The highest BCUT2D eigenvalue weighted by Gasteiger charge is 2.18. The Kier molecular flexibility index (Phi) is 5.34. The molecule has 0 fully saturated rings. The number of sulfone groups is 1. The van der Waals surface area contributed by atoms with Gasteiger partial charge in [-0.15, -0.1) is 0 Å². The maximum absolute atomic E-state index is 12.5. The van der Waals surface area contributed by atoms with Crippen molar-refractivity contribution in [3.8, 4) is 0 Å². The van der Waals surface area contributed by atoms with Gasteiger partial charge in [0.15, 0.2) is 9.84 Å². The van der Waals surface area contributed by atoms with E-state index in [2.05, 4.69) is 0 Å². The maximum atomic E-state index is 12.5. The largest absolute Gasteiger partial charge is 0.337 e. The van der Waals surface area contributed by atoms with Gasteiger partial charge in [-0.1, -0.05) is 35.3 Å². The number of halogens is 2. The van der Waals surface area contributed by atoms with Crippen LogP contribution in [0.1, 0.15) is 15.9 Å². The molecular weight excluding hydrogens is 357 g/mol. The second-order valence-electron chi connectivity index (χ2n) is 5.20. The first-order chi connectivity index (χ1) is 10.7. The molecule has 7 heteroatoms. The summed E-state index contributed by atoms with van der Waals surface area (Å²) < 4.78 is 23.3. The van der Waals surface area contributed by atoms with Crippen LogP contribution in [0.5, 0.6) is 0 Å². The molecule has 2 aromatic rings. The summed E-state index contributed by atoms with van der Waals surface area (Å²) >= 11 is 11.9. The number of carbonyl (C=O) groups excluding carboxylic acids is 1. The SMILES string of the molecule is CN(Cc1ccc(Cl)cc1)C(=O)c1cc(S(C)(=O)=O)ccc1Cl. The molecule has 2 rings (SSSR count). The zero-order valence-electron chi connectivity index (χ0n) is 12.6. The average molecular weight is 372 g/mol. The van der Waals surface area contributed by atoms with Crippen molar-refractivity contribution in [1.29, 1.82) is 0 Å². The Balaban J connectivity index is 2.27. The molecule has 0 aliphatic heterocycles. The Morgan fingerprint density at radius 3 is 2.26 bits per heavy atom. The van der Waals surface area contributed by atoms with Gasteiger partial charge in [0.25, 0.3) is 5.91 Å². The van der Waals surface area contributed by atoms with Crippen LogP contribution in [0.15, 0.2) is 47.4 Å². The van der Waals surface area contributed by atoms with E-state index < -0.39 is 9.84 Å². The number of hydrogen-bond donors (Lipinski definition) is 0. The van der Waals surface area contributed by atoms with E-state index in [1.54, 1.807) is 19.2 Å². The Hall–Kier alpha value is -1.56. The fourth-order valence-corrected chi connectivity index (χ4v) is 3.01. The molecule has 0 spiro atoms. The maximum Gasteiger partial charge on any atom is 0.255 e. The number of hydrogen-bond acceptors (Lipinski definition) is 3. The summed E-state index contributed by atoms with van der Waals surface area (Å²) in [6, 6.07) is 11.2. The molecule has 0 aliphatic rings.